The quantitative estimate of drug-likeness (QED) is 0.578. The largest absolute Gasteiger partial charge is 0.497 e. The van der Waals surface area contributed by atoms with Gasteiger partial charge in [0.15, 0.2) is 5.78 Å². The predicted octanol–water partition coefficient (Wildman–Crippen LogP) is 4.29. The van der Waals surface area contributed by atoms with E-state index in [2.05, 4.69) is 10.4 Å². The predicted molar refractivity (Wildman–Crippen MR) is 117 cm³/mol. The number of fused-ring (bicyclic) bond motifs is 1. The Balaban J connectivity index is 1.76. The van der Waals surface area contributed by atoms with Crippen molar-refractivity contribution in [2.45, 2.75) is 32.6 Å². The van der Waals surface area contributed by atoms with Crippen LogP contribution in [0.3, 0.4) is 0 Å². The van der Waals surface area contributed by atoms with Crippen molar-refractivity contribution in [2.75, 3.05) is 19.0 Å². The molecule has 0 radical (unpaired) electrons. The summed E-state index contributed by atoms with van der Waals surface area (Å²) in [6.07, 6.45) is 0.912. The molecule has 1 atom stereocenters. The Labute approximate surface area is 181 Å². The first-order valence-corrected chi connectivity index (χ1v) is 10.3. The molecular formula is C24H25N3O4. The molecule has 7 heteroatoms. The van der Waals surface area contributed by atoms with E-state index in [0.717, 1.165) is 23.4 Å². The first kappa shape index (κ1) is 20.7. The maximum Gasteiger partial charge on any atom is 0.226 e. The number of methoxy groups -OCH3 is 1. The molecule has 0 bridgehead atoms. The lowest BCUT2D eigenvalue weighted by Gasteiger charge is -2.24. The van der Waals surface area contributed by atoms with Crippen LogP contribution < -0.4 is 14.8 Å². The van der Waals surface area contributed by atoms with Gasteiger partial charge in [-0.05, 0) is 49.7 Å². The van der Waals surface area contributed by atoms with E-state index in [0.29, 0.717) is 29.4 Å². The Morgan fingerprint density at radius 2 is 1.94 bits per heavy atom. The Hall–Kier alpha value is -3.61. The Morgan fingerprint density at radius 1 is 1.19 bits per heavy atom. The number of aryl methyl sites for hydroxylation is 1. The third kappa shape index (κ3) is 3.91. The number of nitrogens with zero attached hydrogens (tertiary/aromatic N) is 2. The molecule has 0 spiro atoms. The molecule has 31 heavy (non-hydrogen) atoms. The minimum Gasteiger partial charge on any atom is -0.497 e. The molecule has 0 saturated carbocycles. The highest BCUT2D eigenvalue weighted by Crippen LogP contribution is 2.39. The van der Waals surface area contributed by atoms with Gasteiger partial charge in [0.1, 0.15) is 17.3 Å². The fraction of sp³-hybridized carbons (Fsp3) is 0.292. The standard InChI is InChI=1S/C24H25N3O4/c1-4-13-31-20-8-6-5-7-18(20)23(29)19-14-21(28)25-24-22(19)15(2)26-27(24)16-9-11-17(30-3)12-10-16/h5-12,19H,4,13-14H2,1-3H3,(H,25,28). The number of amides is 1. The average Bonchev–Trinajstić information content (AvgIpc) is 3.13. The second-order valence-electron chi connectivity index (χ2n) is 7.47. The van der Waals surface area contributed by atoms with Crippen molar-refractivity contribution in [3.8, 4) is 17.2 Å². The molecule has 1 unspecified atom stereocenters. The number of carbonyl (C=O) groups is 2. The van der Waals surface area contributed by atoms with Crippen LogP contribution in [0.5, 0.6) is 11.5 Å². The fourth-order valence-corrected chi connectivity index (χ4v) is 3.88. The Morgan fingerprint density at radius 3 is 2.65 bits per heavy atom. The van der Waals surface area contributed by atoms with E-state index in [1.54, 1.807) is 23.9 Å². The molecule has 1 aliphatic heterocycles. The average molecular weight is 419 g/mol. The zero-order valence-corrected chi connectivity index (χ0v) is 17.8. The number of ether oxygens (including phenoxy) is 2. The van der Waals surface area contributed by atoms with Crippen molar-refractivity contribution in [3.05, 3.63) is 65.4 Å². The molecule has 0 saturated heterocycles. The lowest BCUT2D eigenvalue weighted by Crippen LogP contribution is -2.28. The van der Waals surface area contributed by atoms with Crippen molar-refractivity contribution in [1.82, 2.24) is 9.78 Å². The molecule has 4 rings (SSSR count). The third-order valence-corrected chi connectivity index (χ3v) is 5.35. The number of anilines is 1. The molecule has 7 nitrogen and oxygen atoms in total. The molecule has 2 heterocycles. The number of carbonyl (C=O) groups excluding carboxylic acids is 2. The van der Waals surface area contributed by atoms with Crippen LogP contribution in [0.1, 0.15) is 47.3 Å². The zero-order chi connectivity index (χ0) is 22.0. The van der Waals surface area contributed by atoms with E-state index in [9.17, 15) is 9.59 Å². The van der Waals surface area contributed by atoms with E-state index in [4.69, 9.17) is 9.47 Å². The second kappa shape index (κ2) is 8.63. The highest BCUT2D eigenvalue weighted by molar-refractivity contribution is 6.09. The number of Topliss-reactive ketones (excluding diaryl/α,β-unsaturated/α-hetero) is 1. The summed E-state index contributed by atoms with van der Waals surface area (Å²) in [5.74, 6) is 0.823. The van der Waals surface area contributed by atoms with E-state index in [-0.39, 0.29) is 18.1 Å². The van der Waals surface area contributed by atoms with Crippen LogP contribution in [0.15, 0.2) is 48.5 Å². The van der Waals surface area contributed by atoms with Gasteiger partial charge in [0.2, 0.25) is 5.91 Å². The molecular weight excluding hydrogens is 394 g/mol. The number of hydrogen-bond acceptors (Lipinski definition) is 5. The molecule has 1 aromatic heterocycles. The molecule has 0 aliphatic carbocycles. The van der Waals surface area contributed by atoms with Gasteiger partial charge < -0.3 is 14.8 Å². The summed E-state index contributed by atoms with van der Waals surface area (Å²) < 4.78 is 12.7. The summed E-state index contributed by atoms with van der Waals surface area (Å²) in [6.45, 7) is 4.39. The topological polar surface area (TPSA) is 82.5 Å². The molecule has 1 amide bonds. The number of nitrogens with one attached hydrogen (secondary N) is 1. The molecule has 1 N–H and O–H groups in total. The number of benzene rings is 2. The zero-order valence-electron chi connectivity index (χ0n) is 17.8. The fourth-order valence-electron chi connectivity index (χ4n) is 3.88. The van der Waals surface area contributed by atoms with Gasteiger partial charge in [0.05, 0.1) is 36.6 Å². The third-order valence-electron chi connectivity index (χ3n) is 5.35. The molecule has 1 aliphatic rings. The van der Waals surface area contributed by atoms with Crippen molar-refractivity contribution < 1.29 is 19.1 Å². The van der Waals surface area contributed by atoms with Gasteiger partial charge in [-0.3, -0.25) is 9.59 Å². The summed E-state index contributed by atoms with van der Waals surface area (Å²) in [6, 6.07) is 14.6. The van der Waals surface area contributed by atoms with Crippen LogP contribution in [-0.4, -0.2) is 35.2 Å². The highest BCUT2D eigenvalue weighted by Gasteiger charge is 2.37. The first-order valence-electron chi connectivity index (χ1n) is 10.3. The van der Waals surface area contributed by atoms with Crippen molar-refractivity contribution in [3.63, 3.8) is 0 Å². The monoisotopic (exact) mass is 419 g/mol. The smallest absolute Gasteiger partial charge is 0.226 e. The lowest BCUT2D eigenvalue weighted by atomic mass is 9.85. The minimum absolute atomic E-state index is 0.0725. The van der Waals surface area contributed by atoms with Crippen LogP contribution in [-0.2, 0) is 4.79 Å². The van der Waals surface area contributed by atoms with Gasteiger partial charge >= 0.3 is 0 Å². The van der Waals surface area contributed by atoms with Gasteiger partial charge in [-0.25, -0.2) is 4.68 Å². The summed E-state index contributed by atoms with van der Waals surface area (Å²) >= 11 is 0. The van der Waals surface area contributed by atoms with Crippen molar-refractivity contribution in [2.24, 2.45) is 0 Å². The maximum absolute atomic E-state index is 13.6. The van der Waals surface area contributed by atoms with Crippen LogP contribution in [0.25, 0.3) is 5.69 Å². The highest BCUT2D eigenvalue weighted by atomic mass is 16.5. The number of rotatable bonds is 7. The van der Waals surface area contributed by atoms with Crippen LogP contribution in [0.2, 0.25) is 0 Å². The Bertz CT molecular complexity index is 1120. The van der Waals surface area contributed by atoms with E-state index in [1.165, 1.54) is 0 Å². The minimum atomic E-state index is -0.623. The van der Waals surface area contributed by atoms with E-state index in [1.807, 2.05) is 50.2 Å². The van der Waals surface area contributed by atoms with Gasteiger partial charge in [0.25, 0.3) is 0 Å². The molecule has 160 valence electrons. The van der Waals surface area contributed by atoms with Crippen LogP contribution in [0, 0.1) is 6.92 Å². The molecule has 3 aromatic rings. The summed E-state index contributed by atoms with van der Waals surface area (Å²) in [7, 11) is 1.60. The molecule has 2 aromatic carbocycles. The van der Waals surface area contributed by atoms with Crippen LogP contribution in [0.4, 0.5) is 5.82 Å². The van der Waals surface area contributed by atoms with E-state index >= 15 is 0 Å². The van der Waals surface area contributed by atoms with Gasteiger partial charge in [-0.2, -0.15) is 5.10 Å². The SMILES string of the molecule is CCCOc1ccccc1C(=O)C1CC(=O)Nc2c1c(C)nn2-c1ccc(OC)cc1. The normalized spacial score (nSPS) is 15.2. The number of aromatic nitrogens is 2. The van der Waals surface area contributed by atoms with Gasteiger partial charge in [-0.15, -0.1) is 0 Å². The Kier molecular flexibility index (Phi) is 5.75. The summed E-state index contributed by atoms with van der Waals surface area (Å²) in [5, 5.41) is 7.54. The van der Waals surface area contributed by atoms with Crippen molar-refractivity contribution in [1.29, 1.82) is 0 Å². The van der Waals surface area contributed by atoms with Crippen LogP contribution >= 0.6 is 0 Å². The second-order valence-corrected chi connectivity index (χ2v) is 7.47. The first-order chi connectivity index (χ1) is 15.0. The summed E-state index contributed by atoms with van der Waals surface area (Å²) in [5.41, 5.74) is 2.70. The number of ketones is 1. The summed E-state index contributed by atoms with van der Waals surface area (Å²) in [4.78, 5) is 26.1. The van der Waals surface area contributed by atoms with Gasteiger partial charge in [-0.1, -0.05) is 19.1 Å². The van der Waals surface area contributed by atoms with E-state index < -0.39 is 5.92 Å². The van der Waals surface area contributed by atoms with Gasteiger partial charge in [0, 0.05) is 12.0 Å². The number of para-hydroxylation sites is 1. The number of hydrogen-bond donors (Lipinski definition) is 1. The maximum atomic E-state index is 13.6. The van der Waals surface area contributed by atoms with Crippen molar-refractivity contribution >= 4 is 17.5 Å². The molecule has 0 fully saturated rings. The lowest BCUT2D eigenvalue weighted by molar-refractivity contribution is -0.116.